The maximum atomic E-state index is 14.2. The number of pyridine rings is 3. The molecule has 4 heterocycles. The molecule has 9 rings (SSSR count). The van der Waals surface area contributed by atoms with E-state index in [1.54, 1.807) is 44.2 Å². The van der Waals surface area contributed by atoms with Crippen molar-refractivity contribution in [2.75, 3.05) is 0 Å². The van der Waals surface area contributed by atoms with Crippen molar-refractivity contribution < 1.29 is 25.3 Å². The second kappa shape index (κ2) is 16.4. The molecule has 0 saturated carbocycles. The number of aromatic nitrogens is 3. The van der Waals surface area contributed by atoms with E-state index in [9.17, 15) is 20.8 Å². The van der Waals surface area contributed by atoms with Gasteiger partial charge in [0.1, 0.15) is 17.0 Å². The smallest absolute Gasteiger partial charge is 0.144 e. The molecule has 0 fully saturated rings. The van der Waals surface area contributed by atoms with Crippen LogP contribution in [0.2, 0.25) is 0 Å². The zero-order chi connectivity index (χ0) is 50.2. The van der Waals surface area contributed by atoms with E-state index in [1.165, 1.54) is 42.7 Å². The zero-order valence-corrected chi connectivity index (χ0v) is 31.6. The summed E-state index contributed by atoms with van der Waals surface area (Å²) in [6.07, 6.45) is -14.5. The molecule has 58 heavy (non-hydrogen) atoms. The van der Waals surface area contributed by atoms with E-state index in [1.807, 2.05) is 60.7 Å². The molecular weight excluding hydrogens is 714 g/mol. The van der Waals surface area contributed by atoms with Gasteiger partial charge in [-0.3, -0.25) is 15.0 Å². The Morgan fingerprint density at radius 1 is 0.483 bits per heavy atom. The Kier molecular flexibility index (Phi) is 7.22. The summed E-state index contributed by atoms with van der Waals surface area (Å²) in [5.41, 5.74) is 2.66. The van der Waals surface area contributed by atoms with Crippen molar-refractivity contribution in [2.24, 2.45) is 0 Å². The number of halogens is 1. The minimum absolute atomic E-state index is 0.141. The van der Waals surface area contributed by atoms with Crippen LogP contribution in [0.1, 0.15) is 61.0 Å². The molecule has 4 aromatic heterocycles. The van der Waals surface area contributed by atoms with Crippen molar-refractivity contribution >= 4 is 21.9 Å². The van der Waals surface area contributed by atoms with E-state index < -0.39 is 60.7 Å². The van der Waals surface area contributed by atoms with E-state index in [2.05, 4.69) is 15.0 Å². The molecule has 0 spiro atoms. The van der Waals surface area contributed by atoms with Gasteiger partial charge in [0, 0.05) is 62.5 Å². The number of hydrogen-bond acceptors (Lipinski definition) is 4. The van der Waals surface area contributed by atoms with E-state index in [4.69, 9.17) is 4.42 Å². The van der Waals surface area contributed by atoms with E-state index in [0.29, 0.717) is 55.7 Å². The monoisotopic (exact) mass is 769 g/mol. The lowest BCUT2D eigenvalue weighted by atomic mass is 9.93. The molecule has 0 atom stereocenters. The van der Waals surface area contributed by atoms with Gasteiger partial charge in [-0.05, 0) is 139 Å². The van der Waals surface area contributed by atoms with Gasteiger partial charge in [-0.15, -0.1) is 0 Å². The van der Waals surface area contributed by atoms with Crippen LogP contribution in [0.25, 0.3) is 55.7 Å². The molecule has 5 aromatic carbocycles. The quantitative estimate of drug-likeness (QED) is 0.124. The number of para-hydroxylation sites is 1. The predicted octanol–water partition coefficient (Wildman–Crippen LogP) is 12.9. The van der Waals surface area contributed by atoms with Gasteiger partial charge in [0.25, 0.3) is 0 Å². The van der Waals surface area contributed by atoms with Crippen LogP contribution >= 0.6 is 0 Å². The maximum Gasteiger partial charge on any atom is 0.144 e. The Morgan fingerprint density at radius 2 is 1.03 bits per heavy atom. The first-order valence-corrected chi connectivity index (χ1v) is 18.8. The van der Waals surface area contributed by atoms with Gasteiger partial charge in [-0.2, -0.15) is 0 Å². The van der Waals surface area contributed by atoms with Crippen LogP contribution in [0.3, 0.4) is 0 Å². The summed E-state index contributed by atoms with van der Waals surface area (Å²) >= 11 is 0. The number of hydrogen-bond donors (Lipinski definition) is 0. The summed E-state index contributed by atoms with van der Waals surface area (Å²) in [4.78, 5) is 13.4. The number of furan rings is 1. The van der Waals surface area contributed by atoms with E-state index in [0.717, 1.165) is 35.5 Å². The first-order chi connectivity index (χ1) is 33.0. The van der Waals surface area contributed by atoms with Crippen LogP contribution in [0.15, 0.2) is 163 Å². The molecule has 284 valence electrons. The molecular formula is C53H44FN3O. The second-order valence-electron chi connectivity index (χ2n) is 13.9. The van der Waals surface area contributed by atoms with Crippen LogP contribution in [0.5, 0.6) is 0 Å². The number of rotatable bonds is 12. The topological polar surface area (TPSA) is 51.8 Å². The highest BCUT2D eigenvalue weighted by Crippen LogP contribution is 2.35. The van der Waals surface area contributed by atoms with Gasteiger partial charge in [-0.1, -0.05) is 97.1 Å². The van der Waals surface area contributed by atoms with Crippen LogP contribution in [-0.2, 0) is 38.2 Å². The number of benzene rings is 5. The van der Waals surface area contributed by atoms with Crippen molar-refractivity contribution in [3.63, 3.8) is 0 Å². The van der Waals surface area contributed by atoms with Crippen molar-refractivity contribution in [3.8, 4) is 33.8 Å². The summed E-state index contributed by atoms with van der Waals surface area (Å²) < 4.78 is 133. The fraction of sp³-hybridized carbons (Fsp3) is 0.151. The number of aryl methyl sites for hydroxylation is 8. The van der Waals surface area contributed by atoms with Crippen LogP contribution in [0.4, 0.5) is 4.39 Å². The predicted molar refractivity (Wildman–Crippen MR) is 234 cm³/mol. The van der Waals surface area contributed by atoms with Crippen molar-refractivity contribution in [1.82, 2.24) is 15.0 Å². The molecule has 0 unspecified atom stereocenters. The largest absolute Gasteiger partial charge is 0.455 e. The SMILES string of the molecule is [2H]C([2H])(c1ccc(-c2cccc3c2oc2ccc(F)cc23)nc1)C([2H])([2H])c1cc(C([2H])([2H])C([2H])([2H])c2cnc(-c3ccccc3)cc2C)cc(C([2H])([2H])C([2H])([2H])c2cnc(-c3ccccc3)cc2C)c1. The third-order valence-corrected chi connectivity index (χ3v) is 9.83. The lowest BCUT2D eigenvalue weighted by Crippen LogP contribution is -2.02. The third kappa shape index (κ3) is 8.07. The van der Waals surface area contributed by atoms with Gasteiger partial charge < -0.3 is 4.42 Å². The molecule has 0 radical (unpaired) electrons. The van der Waals surface area contributed by atoms with Gasteiger partial charge in [0.15, 0.2) is 0 Å². The molecule has 5 heteroatoms. The highest BCUT2D eigenvalue weighted by molar-refractivity contribution is 6.09. The van der Waals surface area contributed by atoms with Gasteiger partial charge in [0.05, 0.1) is 17.1 Å². The molecule has 0 aliphatic heterocycles. The van der Waals surface area contributed by atoms with Crippen LogP contribution in [0, 0.1) is 19.7 Å². The first-order valence-electron chi connectivity index (χ1n) is 24.8. The average molecular weight is 770 g/mol. The minimum atomic E-state index is -3.13. The Morgan fingerprint density at radius 3 is 1.59 bits per heavy atom. The zero-order valence-electron chi connectivity index (χ0n) is 43.6. The molecule has 0 bridgehead atoms. The Balaban J connectivity index is 1.15. The Hall–Kier alpha value is -6.72. The van der Waals surface area contributed by atoms with E-state index >= 15 is 0 Å². The van der Waals surface area contributed by atoms with Crippen molar-refractivity contribution in [2.45, 2.75) is 52.1 Å². The molecule has 0 N–H and O–H groups in total. The van der Waals surface area contributed by atoms with Crippen molar-refractivity contribution in [3.05, 3.63) is 208 Å². The molecule has 4 nitrogen and oxygen atoms in total. The number of fused-ring (bicyclic) bond motifs is 3. The second-order valence-corrected chi connectivity index (χ2v) is 13.9. The fourth-order valence-corrected chi connectivity index (χ4v) is 6.77. The number of nitrogens with zero attached hydrogens (tertiary/aromatic N) is 3. The highest BCUT2D eigenvalue weighted by atomic mass is 19.1. The summed E-state index contributed by atoms with van der Waals surface area (Å²) in [5, 5.41) is 1.18. The van der Waals surface area contributed by atoms with Gasteiger partial charge in [0.2, 0.25) is 0 Å². The summed E-state index contributed by atoms with van der Waals surface area (Å²) in [5.74, 6) is -0.440. The van der Waals surface area contributed by atoms with Crippen LogP contribution in [-0.4, -0.2) is 15.0 Å². The minimum Gasteiger partial charge on any atom is -0.455 e. The first kappa shape index (κ1) is 25.5. The standard InChI is InChI=1S/C53H44FN3O/c1-35-26-50(41-10-5-3-6-11-41)56-33-43(35)21-18-39-28-38(29-40(30-39)19-22-44-34-57-51(27-36(44)2)42-12-7-4-8-13-42)17-16-37-20-24-49(55-32-37)47-15-9-14-46-48-31-45(54)23-25-52(48)58-53(46)47/h3-15,20,23-34H,16-19,21-22H2,1-2H3/i16D2,17D2,18D2,19D2,21D2,22D2. The molecule has 0 aliphatic carbocycles. The van der Waals surface area contributed by atoms with E-state index in [-0.39, 0.29) is 16.7 Å². The molecule has 0 amide bonds. The lowest BCUT2D eigenvalue weighted by Gasteiger charge is -2.13. The summed E-state index contributed by atoms with van der Waals surface area (Å²) in [6.45, 7) is 3.22. The highest BCUT2D eigenvalue weighted by Gasteiger charge is 2.14. The van der Waals surface area contributed by atoms with Crippen LogP contribution < -0.4 is 0 Å². The summed E-state index contributed by atoms with van der Waals surface area (Å²) in [7, 11) is 0. The average Bonchev–Trinajstić information content (AvgIpc) is 3.72. The molecule has 0 aliphatic rings. The molecule has 0 saturated heterocycles. The van der Waals surface area contributed by atoms with Gasteiger partial charge >= 0.3 is 0 Å². The lowest BCUT2D eigenvalue weighted by molar-refractivity contribution is 0.626. The molecule has 9 aromatic rings. The van der Waals surface area contributed by atoms with Crippen molar-refractivity contribution in [1.29, 1.82) is 0 Å². The Labute approximate surface area is 356 Å². The fourth-order valence-electron chi connectivity index (χ4n) is 6.77. The maximum absolute atomic E-state index is 14.2. The third-order valence-electron chi connectivity index (χ3n) is 9.83. The Bertz CT molecular complexity index is 3310. The normalized spacial score (nSPS) is 16.0. The van der Waals surface area contributed by atoms with Gasteiger partial charge in [-0.25, -0.2) is 4.39 Å². The summed E-state index contributed by atoms with van der Waals surface area (Å²) in [6, 6.07) is 36.7.